The van der Waals surface area contributed by atoms with Crippen LogP contribution in [-0.2, 0) is 6.54 Å². The number of hydrogen-bond acceptors (Lipinski definition) is 7. The summed E-state index contributed by atoms with van der Waals surface area (Å²) in [5.74, 6) is 0.284. The van der Waals surface area contributed by atoms with Crippen molar-refractivity contribution in [1.29, 1.82) is 0 Å². The molecule has 0 unspecified atom stereocenters. The van der Waals surface area contributed by atoms with Crippen LogP contribution in [0.15, 0.2) is 65.6 Å². The van der Waals surface area contributed by atoms with Crippen molar-refractivity contribution in [2.24, 2.45) is 5.73 Å². The molecule has 5 aromatic rings. The number of hydrogen-bond donors (Lipinski definition) is 1. The largest absolute Gasteiger partial charge is 0.497 e. The van der Waals surface area contributed by atoms with Gasteiger partial charge in [-0.2, -0.15) is 23.3 Å². The van der Waals surface area contributed by atoms with Crippen molar-refractivity contribution in [2.75, 3.05) is 20.3 Å². The molecule has 37 heavy (non-hydrogen) atoms. The summed E-state index contributed by atoms with van der Waals surface area (Å²) in [4.78, 5) is 22.5. The number of methoxy groups -OCH3 is 1. The van der Waals surface area contributed by atoms with Gasteiger partial charge in [-0.25, -0.2) is 4.98 Å². The van der Waals surface area contributed by atoms with Crippen molar-refractivity contribution in [3.05, 3.63) is 71.1 Å². The molecule has 2 aromatic carbocycles. The molecule has 0 aliphatic carbocycles. The number of pyridine rings is 1. The zero-order chi connectivity index (χ0) is 26.2. The van der Waals surface area contributed by atoms with Gasteiger partial charge in [0.05, 0.1) is 24.9 Å². The third-order valence-electron chi connectivity index (χ3n) is 5.58. The summed E-state index contributed by atoms with van der Waals surface area (Å²) in [6.45, 7) is -0.532. The molecule has 12 heteroatoms. The minimum absolute atomic E-state index is 0.0513. The Balaban J connectivity index is 1.69. The maximum absolute atomic E-state index is 13.8. The van der Waals surface area contributed by atoms with Gasteiger partial charge in [-0.15, -0.1) is 0 Å². The fourth-order valence-electron chi connectivity index (χ4n) is 3.91. The highest BCUT2D eigenvalue weighted by molar-refractivity contribution is 5.85. The molecule has 3 aromatic heterocycles. The minimum Gasteiger partial charge on any atom is -0.497 e. The van der Waals surface area contributed by atoms with Crippen LogP contribution in [0.25, 0.3) is 39.0 Å². The van der Waals surface area contributed by atoms with Gasteiger partial charge >= 0.3 is 6.18 Å². The Morgan fingerprint density at radius 1 is 1.00 bits per heavy atom. The third kappa shape index (κ3) is 4.96. The van der Waals surface area contributed by atoms with Crippen molar-refractivity contribution >= 4 is 22.1 Å². The van der Waals surface area contributed by atoms with E-state index >= 15 is 0 Å². The van der Waals surface area contributed by atoms with Crippen LogP contribution in [0.1, 0.15) is 0 Å². The van der Waals surface area contributed by atoms with Crippen molar-refractivity contribution in [1.82, 2.24) is 24.3 Å². The lowest BCUT2D eigenvalue weighted by molar-refractivity contribution is -0.154. The van der Waals surface area contributed by atoms with E-state index in [0.29, 0.717) is 35.6 Å². The number of halogens is 3. The molecule has 0 bridgehead atoms. The number of benzene rings is 2. The first kappa shape index (κ1) is 24.3. The normalized spacial score (nSPS) is 11.8. The van der Waals surface area contributed by atoms with Gasteiger partial charge in [-0.05, 0) is 42.5 Å². The molecule has 0 atom stereocenters. The van der Waals surface area contributed by atoms with Crippen LogP contribution in [0.3, 0.4) is 0 Å². The van der Waals surface area contributed by atoms with Crippen LogP contribution < -0.4 is 20.8 Å². The van der Waals surface area contributed by atoms with E-state index in [1.54, 1.807) is 47.1 Å². The molecule has 0 fully saturated rings. The highest BCUT2D eigenvalue weighted by atomic mass is 19.4. The summed E-state index contributed by atoms with van der Waals surface area (Å²) in [5.41, 5.74) is 7.32. The fourth-order valence-corrected chi connectivity index (χ4v) is 3.91. The first-order valence-electron chi connectivity index (χ1n) is 11.2. The summed E-state index contributed by atoms with van der Waals surface area (Å²) in [7, 11) is 1.51. The summed E-state index contributed by atoms with van der Waals surface area (Å²) in [5, 5.41) is 5.26. The van der Waals surface area contributed by atoms with Gasteiger partial charge in [-0.1, -0.05) is 6.07 Å². The van der Waals surface area contributed by atoms with Gasteiger partial charge in [-0.3, -0.25) is 14.0 Å². The summed E-state index contributed by atoms with van der Waals surface area (Å²) < 4.78 is 51.1. The molecule has 2 N–H and O–H groups in total. The Morgan fingerprint density at radius 3 is 2.46 bits per heavy atom. The van der Waals surface area contributed by atoms with Gasteiger partial charge in [0.15, 0.2) is 12.3 Å². The first-order valence-corrected chi connectivity index (χ1v) is 11.2. The molecule has 0 radical (unpaired) electrons. The second-order valence-corrected chi connectivity index (χ2v) is 8.15. The predicted octanol–water partition coefficient (Wildman–Crippen LogP) is 3.71. The number of aromatic nitrogens is 5. The SMILES string of the molecule is COc1ccc(-n2c(=O)c(-c3ccc4nn(CCN)cc4c3)nc3ccc(OCC(F)(F)F)nc32)cc1. The number of nitrogens with zero attached hydrogens (tertiary/aromatic N) is 5. The lowest BCUT2D eigenvalue weighted by Gasteiger charge is -2.14. The number of nitrogens with two attached hydrogens (primary N) is 1. The number of ether oxygens (including phenoxy) is 2. The molecule has 190 valence electrons. The van der Waals surface area contributed by atoms with Gasteiger partial charge < -0.3 is 15.2 Å². The molecule has 0 spiro atoms. The molecular weight excluding hydrogens is 489 g/mol. The van der Waals surface area contributed by atoms with Crippen LogP contribution in [0.2, 0.25) is 0 Å². The zero-order valence-corrected chi connectivity index (χ0v) is 19.6. The molecule has 5 rings (SSSR count). The lowest BCUT2D eigenvalue weighted by atomic mass is 10.1. The molecule has 0 saturated carbocycles. The average molecular weight is 510 g/mol. The van der Waals surface area contributed by atoms with Gasteiger partial charge in [0.25, 0.3) is 5.56 Å². The van der Waals surface area contributed by atoms with Gasteiger partial charge in [0.1, 0.15) is 17.0 Å². The Morgan fingerprint density at radius 2 is 1.76 bits per heavy atom. The van der Waals surface area contributed by atoms with Crippen LogP contribution in [0.4, 0.5) is 13.2 Å². The second-order valence-electron chi connectivity index (χ2n) is 8.15. The summed E-state index contributed by atoms with van der Waals surface area (Å²) in [6.07, 6.45) is -2.70. The van der Waals surface area contributed by atoms with E-state index in [9.17, 15) is 18.0 Å². The second kappa shape index (κ2) is 9.54. The highest BCUT2D eigenvalue weighted by Crippen LogP contribution is 2.26. The van der Waals surface area contributed by atoms with Crippen molar-refractivity contribution in [3.63, 3.8) is 0 Å². The molecule has 0 saturated heterocycles. The molecule has 0 amide bonds. The van der Waals surface area contributed by atoms with Gasteiger partial charge in [0.2, 0.25) is 5.88 Å². The Bertz CT molecular complexity index is 1640. The standard InChI is InChI=1S/C25H21F3N6O3/c1-36-18-5-3-17(4-6-18)34-23-20(8-9-21(31-23)37-14-25(26,27)28)30-22(24(34)35)15-2-7-19-16(12-15)13-33(32-19)11-10-29/h2-9,12-13H,10-11,14,29H2,1H3. The molecule has 0 aliphatic rings. The smallest absolute Gasteiger partial charge is 0.422 e. The van der Waals surface area contributed by atoms with Gasteiger partial charge in [0, 0.05) is 29.8 Å². The Kier molecular flexibility index (Phi) is 6.25. The van der Waals surface area contributed by atoms with E-state index in [1.807, 2.05) is 6.20 Å². The summed E-state index contributed by atoms with van der Waals surface area (Å²) >= 11 is 0. The average Bonchev–Trinajstić information content (AvgIpc) is 3.28. The first-order chi connectivity index (χ1) is 17.8. The summed E-state index contributed by atoms with van der Waals surface area (Å²) in [6, 6.07) is 14.7. The quantitative estimate of drug-likeness (QED) is 0.356. The van der Waals surface area contributed by atoms with Crippen LogP contribution >= 0.6 is 0 Å². The Labute approximate surface area is 207 Å². The lowest BCUT2D eigenvalue weighted by Crippen LogP contribution is -2.23. The maximum atomic E-state index is 13.8. The van der Waals surface area contributed by atoms with E-state index in [0.717, 1.165) is 10.9 Å². The highest BCUT2D eigenvalue weighted by Gasteiger charge is 2.29. The minimum atomic E-state index is -4.54. The monoisotopic (exact) mass is 510 g/mol. The molecule has 3 heterocycles. The zero-order valence-electron chi connectivity index (χ0n) is 19.6. The maximum Gasteiger partial charge on any atom is 0.422 e. The molecule has 9 nitrogen and oxygen atoms in total. The van der Waals surface area contributed by atoms with Crippen molar-refractivity contribution in [2.45, 2.75) is 12.7 Å². The molecular formula is C25H21F3N6O3. The van der Waals surface area contributed by atoms with Crippen LogP contribution in [0.5, 0.6) is 11.6 Å². The number of rotatable bonds is 7. The third-order valence-corrected chi connectivity index (χ3v) is 5.58. The van der Waals surface area contributed by atoms with E-state index in [4.69, 9.17) is 15.2 Å². The van der Waals surface area contributed by atoms with E-state index in [-0.39, 0.29) is 17.2 Å². The van der Waals surface area contributed by atoms with Crippen molar-refractivity contribution in [3.8, 4) is 28.6 Å². The predicted molar refractivity (Wildman–Crippen MR) is 131 cm³/mol. The number of alkyl halides is 3. The number of fused-ring (bicyclic) bond motifs is 2. The van der Waals surface area contributed by atoms with Crippen LogP contribution in [0, 0.1) is 0 Å². The van der Waals surface area contributed by atoms with Crippen LogP contribution in [-0.4, -0.2) is 50.8 Å². The van der Waals surface area contributed by atoms with E-state index in [2.05, 4.69) is 15.1 Å². The molecule has 0 aliphatic heterocycles. The van der Waals surface area contributed by atoms with E-state index in [1.165, 1.54) is 23.8 Å². The Hall–Kier alpha value is -4.45. The van der Waals surface area contributed by atoms with E-state index < -0.39 is 18.3 Å². The fraction of sp³-hybridized carbons (Fsp3) is 0.200. The topological polar surface area (TPSA) is 110 Å². The van der Waals surface area contributed by atoms with Crippen molar-refractivity contribution < 1.29 is 22.6 Å².